The number of hydrogen-bond acceptors (Lipinski definition) is 12. The molecule has 5 atom stereocenters. The Morgan fingerprint density at radius 1 is 1.09 bits per heavy atom. The van der Waals surface area contributed by atoms with Gasteiger partial charge in [0, 0.05) is 41.3 Å². The molecule has 3 aromatic rings. The van der Waals surface area contributed by atoms with E-state index < -0.39 is 45.0 Å². The molecule has 3 aliphatic carbocycles. The minimum atomic E-state index is -3.80. The first-order chi connectivity index (χ1) is 27.6. The SMILES string of the molecule is C=C[C@@H]1C[C@]1(N[C@@H]1C[C@@H](Oc2cc(-c3csc(NC(C)C)n3)nc3cc(OC)ccc23)CN1C(=O)[C@@H](NCCC(C)(C)C)C1CCCCC1)C(=O)NS(=O)(=O)C1CC1. The van der Waals surface area contributed by atoms with E-state index >= 15 is 4.79 Å². The molecule has 2 aromatic heterocycles. The summed E-state index contributed by atoms with van der Waals surface area (Å²) in [6.45, 7) is 15.7. The molecule has 2 amide bonds. The van der Waals surface area contributed by atoms with Gasteiger partial charge in [-0.05, 0) is 82.4 Å². The molecule has 0 unspecified atom stereocenters. The molecule has 1 saturated heterocycles. The van der Waals surface area contributed by atoms with Crippen LogP contribution in [0.5, 0.6) is 11.5 Å². The highest BCUT2D eigenvalue weighted by atomic mass is 32.2. The number of likely N-dealkylation sites (tertiary alicyclic amines) is 1. The Kier molecular flexibility index (Phi) is 12.5. The third-order valence-corrected chi connectivity index (χ3v) is 14.5. The maximum atomic E-state index is 15.1. The van der Waals surface area contributed by atoms with Gasteiger partial charge >= 0.3 is 0 Å². The average molecular weight is 836 g/mol. The zero-order valence-corrected chi connectivity index (χ0v) is 36.4. The molecule has 1 aliphatic heterocycles. The molecular formula is C43H61N7O6S2. The van der Waals surface area contributed by atoms with E-state index in [0.29, 0.717) is 60.6 Å². The number of methoxy groups -OCH3 is 1. The predicted molar refractivity (Wildman–Crippen MR) is 229 cm³/mol. The summed E-state index contributed by atoms with van der Waals surface area (Å²) in [5.41, 5.74) is 0.904. The molecule has 3 heterocycles. The van der Waals surface area contributed by atoms with Crippen molar-refractivity contribution in [3.8, 4) is 22.9 Å². The standard InChI is InChI=1S/C43H61N7O6S2/c1-8-28-23-43(28,40(52)49-58(53,54)31-15-16-31)48-37-21-30(24-50(37)39(51)38(27-12-10-9-11-13-27)44-19-18-42(4,5)6)56-36-22-34(35-25-57-41(47-35)45-26(2)3)46-33-20-29(55-7)14-17-32(33)36/h8,14,17,20,22,25-28,30-31,37-38,44,48H,1,9-13,15-16,18-19,21,23-24H2,2-7H3,(H,45,47)(H,49,52)/t28-,30-,37+,38+,43-/m1/s1. The van der Waals surface area contributed by atoms with Crippen molar-refractivity contribution in [3.63, 3.8) is 0 Å². The zero-order chi connectivity index (χ0) is 41.4. The predicted octanol–water partition coefficient (Wildman–Crippen LogP) is 6.61. The van der Waals surface area contributed by atoms with Crippen molar-refractivity contribution in [2.45, 2.75) is 134 Å². The second kappa shape index (κ2) is 17.1. The number of carbonyl (C=O) groups excluding carboxylic acids is 2. The number of sulfonamides is 1. The first-order valence-corrected chi connectivity index (χ1v) is 23.4. The van der Waals surface area contributed by atoms with E-state index in [9.17, 15) is 13.2 Å². The summed E-state index contributed by atoms with van der Waals surface area (Å²) < 4.78 is 40.9. The molecule has 4 N–H and O–H groups in total. The lowest BCUT2D eigenvalue weighted by molar-refractivity contribution is -0.138. The molecule has 15 heteroatoms. The lowest BCUT2D eigenvalue weighted by atomic mass is 9.83. The highest BCUT2D eigenvalue weighted by molar-refractivity contribution is 7.91. The Morgan fingerprint density at radius 3 is 2.50 bits per heavy atom. The Morgan fingerprint density at radius 2 is 1.84 bits per heavy atom. The molecule has 1 aromatic carbocycles. The molecule has 0 radical (unpaired) electrons. The van der Waals surface area contributed by atoms with Crippen molar-refractivity contribution >= 4 is 49.2 Å². The Hall–Kier alpha value is -3.79. The number of thiazole rings is 1. The van der Waals surface area contributed by atoms with Gasteiger partial charge in [-0.2, -0.15) is 0 Å². The second-order valence-electron chi connectivity index (χ2n) is 18.2. The van der Waals surface area contributed by atoms with Crippen LogP contribution in [0.25, 0.3) is 22.3 Å². The Bertz CT molecular complexity index is 2090. The van der Waals surface area contributed by atoms with Crippen LogP contribution in [-0.2, 0) is 19.6 Å². The molecule has 316 valence electrons. The van der Waals surface area contributed by atoms with E-state index in [4.69, 9.17) is 19.4 Å². The normalized spacial score (nSPS) is 24.5. The topological polar surface area (TPSA) is 164 Å². The smallest absolute Gasteiger partial charge is 0.254 e. The number of carbonyl (C=O) groups is 2. The summed E-state index contributed by atoms with van der Waals surface area (Å²) in [5, 5.41) is 13.6. The van der Waals surface area contributed by atoms with Gasteiger partial charge in [0.05, 0.1) is 42.3 Å². The number of pyridine rings is 1. The number of nitrogens with one attached hydrogen (secondary N) is 4. The summed E-state index contributed by atoms with van der Waals surface area (Å²) in [6.07, 6.45) is 8.63. The highest BCUT2D eigenvalue weighted by Crippen LogP contribution is 2.47. The van der Waals surface area contributed by atoms with Crippen LogP contribution >= 0.6 is 11.3 Å². The van der Waals surface area contributed by atoms with Crippen molar-refractivity contribution in [2.75, 3.05) is 25.5 Å². The van der Waals surface area contributed by atoms with E-state index in [2.05, 4.69) is 61.9 Å². The molecule has 4 fully saturated rings. The van der Waals surface area contributed by atoms with Gasteiger partial charge in [-0.1, -0.05) is 46.1 Å². The molecule has 13 nitrogen and oxygen atoms in total. The Labute approximate surface area is 347 Å². The zero-order valence-electron chi connectivity index (χ0n) is 34.8. The van der Waals surface area contributed by atoms with Gasteiger partial charge in [0.2, 0.25) is 15.9 Å². The van der Waals surface area contributed by atoms with Gasteiger partial charge in [-0.15, -0.1) is 17.9 Å². The first kappa shape index (κ1) is 42.3. The first-order valence-electron chi connectivity index (χ1n) is 21.0. The number of fused-ring (bicyclic) bond motifs is 1. The largest absolute Gasteiger partial charge is 0.497 e. The molecule has 58 heavy (non-hydrogen) atoms. The minimum absolute atomic E-state index is 0.0287. The van der Waals surface area contributed by atoms with Gasteiger partial charge in [0.1, 0.15) is 28.8 Å². The van der Waals surface area contributed by atoms with E-state index in [1.807, 2.05) is 34.5 Å². The van der Waals surface area contributed by atoms with E-state index in [1.54, 1.807) is 13.2 Å². The van der Waals surface area contributed by atoms with Crippen molar-refractivity contribution < 1.29 is 27.5 Å². The third kappa shape index (κ3) is 9.63. The van der Waals surface area contributed by atoms with Gasteiger partial charge in [-0.3, -0.25) is 19.6 Å². The maximum absolute atomic E-state index is 15.1. The minimum Gasteiger partial charge on any atom is -0.497 e. The summed E-state index contributed by atoms with van der Waals surface area (Å²) in [4.78, 5) is 40.7. The van der Waals surface area contributed by atoms with E-state index in [-0.39, 0.29) is 35.7 Å². The molecule has 0 bridgehead atoms. The summed E-state index contributed by atoms with van der Waals surface area (Å²) in [5.74, 6) is 0.511. The van der Waals surface area contributed by atoms with Gasteiger partial charge in [0.25, 0.3) is 5.91 Å². The number of nitrogens with zero attached hydrogens (tertiary/aromatic N) is 3. The van der Waals surface area contributed by atoms with Crippen LogP contribution in [0.1, 0.15) is 98.8 Å². The van der Waals surface area contributed by atoms with Crippen LogP contribution in [-0.4, -0.2) is 90.4 Å². The fraction of sp³-hybridized carbons (Fsp3) is 0.628. The summed E-state index contributed by atoms with van der Waals surface area (Å²) in [7, 11) is -2.18. The number of benzene rings is 1. The van der Waals surface area contributed by atoms with Gasteiger partial charge in [0.15, 0.2) is 5.13 Å². The molecule has 0 spiro atoms. The van der Waals surface area contributed by atoms with Gasteiger partial charge in [-0.25, -0.2) is 18.4 Å². The van der Waals surface area contributed by atoms with E-state index in [1.165, 1.54) is 11.3 Å². The molecule has 3 saturated carbocycles. The summed E-state index contributed by atoms with van der Waals surface area (Å²) >= 11 is 1.51. The number of anilines is 1. The molecule has 4 aliphatic rings. The van der Waals surface area contributed by atoms with Gasteiger partial charge < -0.3 is 25.0 Å². The molecule has 7 rings (SSSR count). The van der Waals surface area contributed by atoms with Crippen molar-refractivity contribution in [1.82, 2.24) is 30.2 Å². The lowest BCUT2D eigenvalue weighted by Gasteiger charge is -2.36. The number of rotatable bonds is 17. The van der Waals surface area contributed by atoms with E-state index in [0.717, 1.165) is 49.0 Å². The Balaban J connectivity index is 1.22. The van der Waals surface area contributed by atoms with Crippen LogP contribution in [0.4, 0.5) is 5.13 Å². The van der Waals surface area contributed by atoms with Crippen LogP contribution < -0.4 is 30.1 Å². The number of aromatic nitrogens is 2. The third-order valence-electron chi connectivity index (χ3n) is 12.0. The van der Waals surface area contributed by atoms with Crippen LogP contribution in [0.2, 0.25) is 0 Å². The maximum Gasteiger partial charge on any atom is 0.254 e. The summed E-state index contributed by atoms with van der Waals surface area (Å²) in [6, 6.07) is 7.40. The fourth-order valence-corrected chi connectivity index (χ4v) is 10.6. The van der Waals surface area contributed by atoms with Crippen LogP contribution in [0.3, 0.4) is 0 Å². The number of ether oxygens (including phenoxy) is 2. The van der Waals surface area contributed by atoms with Crippen molar-refractivity contribution in [1.29, 1.82) is 0 Å². The van der Waals surface area contributed by atoms with Crippen LogP contribution in [0, 0.1) is 17.3 Å². The number of amides is 2. The quantitative estimate of drug-likeness (QED) is 0.108. The van der Waals surface area contributed by atoms with Crippen LogP contribution in [0.15, 0.2) is 42.3 Å². The molecular weight excluding hydrogens is 775 g/mol. The van der Waals surface area contributed by atoms with Crippen molar-refractivity contribution in [2.24, 2.45) is 17.3 Å². The average Bonchev–Trinajstić information content (AvgIpc) is 4.08. The lowest BCUT2D eigenvalue weighted by Crippen LogP contribution is -2.60. The second-order valence-corrected chi connectivity index (χ2v) is 21.0. The fourth-order valence-electron chi connectivity index (χ4n) is 8.43. The van der Waals surface area contributed by atoms with Crippen molar-refractivity contribution in [3.05, 3.63) is 42.3 Å². The highest BCUT2D eigenvalue weighted by Gasteiger charge is 2.62. The monoisotopic (exact) mass is 835 g/mol. The number of hydrogen-bond donors (Lipinski definition) is 4.